The van der Waals surface area contributed by atoms with Gasteiger partial charge in [-0.2, -0.15) is 0 Å². The summed E-state index contributed by atoms with van der Waals surface area (Å²) < 4.78 is 5.14. The van der Waals surface area contributed by atoms with Crippen molar-refractivity contribution in [1.82, 2.24) is 4.90 Å². The average molecular weight is 305 g/mol. The number of unbranched alkanes of at least 4 members (excludes halogenated alkanes) is 2. The van der Waals surface area contributed by atoms with Gasteiger partial charge in [0, 0.05) is 19.5 Å². The molecule has 1 aromatic rings. The van der Waals surface area contributed by atoms with Crippen molar-refractivity contribution < 1.29 is 14.6 Å². The van der Waals surface area contributed by atoms with Crippen molar-refractivity contribution in [2.45, 2.75) is 51.0 Å². The summed E-state index contributed by atoms with van der Waals surface area (Å²) in [7, 11) is 1.67. The summed E-state index contributed by atoms with van der Waals surface area (Å²) >= 11 is 0. The van der Waals surface area contributed by atoms with Crippen molar-refractivity contribution in [3.05, 3.63) is 29.8 Å². The minimum absolute atomic E-state index is 0.197. The second-order valence-corrected chi connectivity index (χ2v) is 6.04. The normalized spacial score (nSPS) is 18.3. The van der Waals surface area contributed by atoms with Crippen LogP contribution in [0.2, 0.25) is 0 Å². The Kier molecular flexibility index (Phi) is 6.72. The zero-order valence-electron chi connectivity index (χ0n) is 13.5. The largest absolute Gasteiger partial charge is 0.497 e. The van der Waals surface area contributed by atoms with Gasteiger partial charge in [-0.3, -0.25) is 4.79 Å². The molecule has 1 aliphatic rings. The van der Waals surface area contributed by atoms with Crippen LogP contribution in [0.25, 0.3) is 0 Å². The fourth-order valence-corrected chi connectivity index (χ4v) is 2.91. The van der Waals surface area contributed by atoms with Crippen molar-refractivity contribution >= 4 is 5.91 Å². The van der Waals surface area contributed by atoms with Gasteiger partial charge in [0.2, 0.25) is 5.91 Å². The molecule has 2 rings (SSSR count). The quantitative estimate of drug-likeness (QED) is 0.788. The van der Waals surface area contributed by atoms with E-state index in [1.54, 1.807) is 7.11 Å². The molecule has 122 valence electrons. The highest BCUT2D eigenvalue weighted by Crippen LogP contribution is 2.15. The molecule has 0 spiro atoms. The number of hydrogen-bond donors (Lipinski definition) is 1. The van der Waals surface area contributed by atoms with Gasteiger partial charge >= 0.3 is 0 Å². The Bertz CT molecular complexity index is 458. The van der Waals surface area contributed by atoms with E-state index in [2.05, 4.69) is 12.1 Å². The number of likely N-dealkylation sites (tertiary alicyclic amines) is 1. The Hall–Kier alpha value is -1.55. The van der Waals surface area contributed by atoms with E-state index in [0.717, 1.165) is 50.8 Å². The smallest absolute Gasteiger partial charge is 0.222 e. The molecule has 1 aromatic carbocycles. The molecule has 1 unspecified atom stereocenters. The van der Waals surface area contributed by atoms with Crippen LogP contribution >= 0.6 is 0 Å². The molecular weight excluding hydrogens is 278 g/mol. The van der Waals surface area contributed by atoms with Crippen LogP contribution < -0.4 is 4.74 Å². The van der Waals surface area contributed by atoms with Gasteiger partial charge in [-0.1, -0.05) is 18.6 Å². The number of ether oxygens (including phenoxy) is 1. The van der Waals surface area contributed by atoms with Gasteiger partial charge < -0.3 is 14.7 Å². The summed E-state index contributed by atoms with van der Waals surface area (Å²) in [6.07, 6.45) is 6.16. The van der Waals surface area contributed by atoms with Crippen LogP contribution in [-0.2, 0) is 11.2 Å². The number of carbonyl (C=O) groups is 1. The molecule has 0 aromatic heterocycles. The number of benzene rings is 1. The molecule has 1 N–H and O–H groups in total. The number of rotatable bonds is 7. The molecule has 0 aliphatic carbocycles. The number of aliphatic hydroxyl groups is 1. The molecule has 4 heteroatoms. The maximum Gasteiger partial charge on any atom is 0.222 e. The van der Waals surface area contributed by atoms with Crippen LogP contribution in [0.5, 0.6) is 5.75 Å². The number of amides is 1. The Morgan fingerprint density at radius 3 is 2.73 bits per heavy atom. The molecule has 1 amide bonds. The fraction of sp³-hybridized carbons (Fsp3) is 0.611. The maximum atomic E-state index is 12.0. The lowest BCUT2D eigenvalue weighted by Gasteiger charge is -2.30. The molecule has 4 nitrogen and oxygen atoms in total. The van der Waals surface area contributed by atoms with Crippen LogP contribution in [0.1, 0.15) is 44.1 Å². The van der Waals surface area contributed by atoms with Gasteiger partial charge in [-0.25, -0.2) is 0 Å². The van der Waals surface area contributed by atoms with Crippen LogP contribution in [0.3, 0.4) is 0 Å². The minimum Gasteiger partial charge on any atom is -0.497 e. The first-order chi connectivity index (χ1) is 10.7. The molecule has 0 bridgehead atoms. The average Bonchev–Trinajstić information content (AvgIpc) is 2.55. The lowest BCUT2D eigenvalue weighted by atomic mass is 10.0. The highest BCUT2D eigenvalue weighted by molar-refractivity contribution is 5.76. The fourth-order valence-electron chi connectivity index (χ4n) is 2.91. The van der Waals surface area contributed by atoms with Crippen LogP contribution in [0.15, 0.2) is 24.3 Å². The molecule has 1 atom stereocenters. The zero-order chi connectivity index (χ0) is 15.8. The number of aryl methyl sites for hydroxylation is 1. The van der Waals surface area contributed by atoms with Crippen LogP contribution in [-0.4, -0.2) is 42.2 Å². The van der Waals surface area contributed by atoms with E-state index < -0.39 is 0 Å². The summed E-state index contributed by atoms with van der Waals surface area (Å²) in [5, 5.41) is 9.60. The topological polar surface area (TPSA) is 49.8 Å². The summed E-state index contributed by atoms with van der Waals surface area (Å²) in [6, 6.07) is 8.17. The number of carbonyl (C=O) groups excluding carboxylic acids is 1. The van der Waals surface area contributed by atoms with Gasteiger partial charge in [0.25, 0.3) is 0 Å². The predicted molar refractivity (Wildman–Crippen MR) is 87.0 cm³/mol. The lowest BCUT2D eigenvalue weighted by molar-refractivity contribution is -0.134. The Labute approximate surface area is 133 Å². The monoisotopic (exact) mass is 305 g/mol. The molecule has 1 fully saturated rings. The second-order valence-electron chi connectivity index (χ2n) is 6.04. The number of methoxy groups -OCH3 is 1. The van der Waals surface area contributed by atoms with E-state index in [0.29, 0.717) is 13.0 Å². The van der Waals surface area contributed by atoms with E-state index in [-0.39, 0.29) is 12.0 Å². The molecule has 1 heterocycles. The summed E-state index contributed by atoms with van der Waals surface area (Å²) in [6.45, 7) is 1.33. The van der Waals surface area contributed by atoms with Crippen molar-refractivity contribution in [3.8, 4) is 5.75 Å². The number of piperidine rings is 1. The SMILES string of the molecule is COc1ccc(CCCCCC(=O)N2CCCC(O)C2)cc1. The van der Waals surface area contributed by atoms with Crippen molar-refractivity contribution in [2.24, 2.45) is 0 Å². The summed E-state index contributed by atoms with van der Waals surface area (Å²) in [4.78, 5) is 13.9. The molecular formula is C18H27NO3. The third kappa shape index (κ3) is 5.34. The number of hydrogen-bond acceptors (Lipinski definition) is 3. The van der Waals surface area contributed by atoms with Gasteiger partial charge in [0.1, 0.15) is 5.75 Å². The van der Waals surface area contributed by atoms with E-state index >= 15 is 0 Å². The van der Waals surface area contributed by atoms with Gasteiger partial charge in [-0.05, 0) is 49.8 Å². The third-order valence-corrected chi connectivity index (χ3v) is 4.26. The van der Waals surface area contributed by atoms with Gasteiger partial charge in [0.05, 0.1) is 13.2 Å². The first kappa shape index (κ1) is 16.8. The van der Waals surface area contributed by atoms with E-state index in [1.165, 1.54) is 5.56 Å². The van der Waals surface area contributed by atoms with Crippen LogP contribution in [0, 0.1) is 0 Å². The minimum atomic E-state index is -0.326. The Morgan fingerprint density at radius 1 is 1.27 bits per heavy atom. The summed E-state index contributed by atoms with van der Waals surface area (Å²) in [5.74, 6) is 1.08. The second kappa shape index (κ2) is 8.79. The number of nitrogens with zero attached hydrogens (tertiary/aromatic N) is 1. The number of aliphatic hydroxyl groups excluding tert-OH is 1. The highest BCUT2D eigenvalue weighted by atomic mass is 16.5. The molecule has 22 heavy (non-hydrogen) atoms. The maximum absolute atomic E-state index is 12.0. The lowest BCUT2D eigenvalue weighted by Crippen LogP contribution is -2.42. The summed E-state index contributed by atoms with van der Waals surface area (Å²) in [5.41, 5.74) is 1.31. The standard InChI is InChI=1S/C18H27NO3/c1-22-17-11-9-15(10-12-17)6-3-2-4-8-18(21)19-13-5-7-16(20)14-19/h9-12,16,20H,2-8,13-14H2,1H3. The van der Waals surface area contributed by atoms with Gasteiger partial charge in [0.15, 0.2) is 0 Å². The van der Waals surface area contributed by atoms with Crippen LogP contribution in [0.4, 0.5) is 0 Å². The van der Waals surface area contributed by atoms with E-state index in [1.807, 2.05) is 17.0 Å². The van der Waals surface area contributed by atoms with E-state index in [4.69, 9.17) is 4.74 Å². The third-order valence-electron chi connectivity index (χ3n) is 4.26. The molecule has 1 saturated heterocycles. The van der Waals surface area contributed by atoms with Crippen molar-refractivity contribution in [1.29, 1.82) is 0 Å². The predicted octanol–water partition coefficient (Wildman–Crippen LogP) is 2.78. The zero-order valence-corrected chi connectivity index (χ0v) is 13.5. The van der Waals surface area contributed by atoms with E-state index in [9.17, 15) is 9.90 Å². The number of β-amino-alcohol motifs (C(OH)–C–C–N with tert-alkyl or cyclic N) is 1. The van der Waals surface area contributed by atoms with Crippen molar-refractivity contribution in [2.75, 3.05) is 20.2 Å². The molecule has 1 aliphatic heterocycles. The highest BCUT2D eigenvalue weighted by Gasteiger charge is 2.21. The Balaban J connectivity index is 1.59. The first-order valence-electron chi connectivity index (χ1n) is 8.28. The first-order valence-corrected chi connectivity index (χ1v) is 8.28. The van der Waals surface area contributed by atoms with Crippen molar-refractivity contribution in [3.63, 3.8) is 0 Å². The molecule has 0 saturated carbocycles. The Morgan fingerprint density at radius 2 is 2.05 bits per heavy atom. The molecule has 0 radical (unpaired) electrons. The van der Waals surface area contributed by atoms with Gasteiger partial charge in [-0.15, -0.1) is 0 Å².